The van der Waals surface area contributed by atoms with Crippen LogP contribution in [0.5, 0.6) is 0 Å². The zero-order chi connectivity index (χ0) is 11.3. The molecule has 86 valence electrons. The van der Waals surface area contributed by atoms with Crippen LogP contribution in [-0.4, -0.2) is 47.5 Å². The smallest absolute Gasteiger partial charge is 0.217 e. The van der Waals surface area contributed by atoms with Gasteiger partial charge in [-0.15, -0.1) is 0 Å². The SMILES string of the molecule is CC(=O)NC1CCN(CC(N)=NO)CC1. The lowest BCUT2D eigenvalue weighted by molar-refractivity contribution is -0.119. The van der Waals surface area contributed by atoms with E-state index >= 15 is 0 Å². The maximum Gasteiger partial charge on any atom is 0.217 e. The lowest BCUT2D eigenvalue weighted by Gasteiger charge is -2.31. The van der Waals surface area contributed by atoms with Crippen molar-refractivity contribution >= 4 is 11.7 Å². The summed E-state index contributed by atoms with van der Waals surface area (Å²) in [5.74, 6) is 0.248. The summed E-state index contributed by atoms with van der Waals surface area (Å²) < 4.78 is 0. The molecule has 0 aromatic heterocycles. The number of oxime groups is 1. The van der Waals surface area contributed by atoms with E-state index in [0.29, 0.717) is 6.54 Å². The quantitative estimate of drug-likeness (QED) is 0.251. The monoisotopic (exact) mass is 214 g/mol. The van der Waals surface area contributed by atoms with E-state index in [9.17, 15) is 4.79 Å². The third kappa shape index (κ3) is 4.16. The highest BCUT2D eigenvalue weighted by atomic mass is 16.4. The topological polar surface area (TPSA) is 91.0 Å². The number of amidine groups is 1. The van der Waals surface area contributed by atoms with Gasteiger partial charge in [-0.1, -0.05) is 5.16 Å². The summed E-state index contributed by atoms with van der Waals surface area (Å²) in [5.41, 5.74) is 5.41. The Bertz CT molecular complexity index is 246. The van der Waals surface area contributed by atoms with Crippen LogP contribution in [0.4, 0.5) is 0 Å². The first-order valence-electron chi connectivity index (χ1n) is 5.07. The highest BCUT2D eigenvalue weighted by Gasteiger charge is 2.19. The van der Waals surface area contributed by atoms with Gasteiger partial charge in [0.1, 0.15) is 0 Å². The summed E-state index contributed by atoms with van der Waals surface area (Å²) in [4.78, 5) is 12.9. The van der Waals surface area contributed by atoms with Crippen LogP contribution in [0.3, 0.4) is 0 Å². The minimum atomic E-state index is 0.0184. The Hall–Kier alpha value is -1.30. The van der Waals surface area contributed by atoms with Crippen LogP contribution in [0.1, 0.15) is 19.8 Å². The van der Waals surface area contributed by atoms with Crippen LogP contribution in [0.15, 0.2) is 5.16 Å². The molecule has 6 nitrogen and oxygen atoms in total. The number of amides is 1. The van der Waals surface area contributed by atoms with Crippen molar-refractivity contribution in [3.05, 3.63) is 0 Å². The first-order chi connectivity index (χ1) is 7.11. The van der Waals surface area contributed by atoms with Crippen LogP contribution in [0, 0.1) is 0 Å². The number of rotatable bonds is 3. The fourth-order valence-corrected chi connectivity index (χ4v) is 1.78. The summed E-state index contributed by atoms with van der Waals surface area (Å²) in [7, 11) is 0. The Morgan fingerprint density at radius 2 is 2.20 bits per heavy atom. The molecule has 1 amide bonds. The van der Waals surface area contributed by atoms with Crippen LogP contribution in [-0.2, 0) is 4.79 Å². The number of nitrogens with zero attached hydrogens (tertiary/aromatic N) is 2. The molecule has 0 radical (unpaired) electrons. The zero-order valence-corrected chi connectivity index (χ0v) is 8.94. The lowest BCUT2D eigenvalue weighted by Crippen LogP contribution is -2.46. The molecule has 0 atom stereocenters. The molecule has 0 aliphatic carbocycles. The number of piperidine rings is 1. The molecule has 1 saturated heterocycles. The van der Waals surface area contributed by atoms with Gasteiger partial charge in [0, 0.05) is 26.1 Å². The first kappa shape index (κ1) is 11.8. The summed E-state index contributed by atoms with van der Waals surface area (Å²) in [6.07, 6.45) is 1.83. The minimum absolute atomic E-state index is 0.0184. The molecule has 0 aromatic carbocycles. The van der Waals surface area contributed by atoms with Crippen molar-refractivity contribution in [3.63, 3.8) is 0 Å². The summed E-state index contributed by atoms with van der Waals surface area (Å²) in [6, 6.07) is 0.269. The summed E-state index contributed by atoms with van der Waals surface area (Å²) in [5, 5.41) is 14.2. The van der Waals surface area contributed by atoms with Gasteiger partial charge in [0.25, 0.3) is 0 Å². The van der Waals surface area contributed by atoms with Gasteiger partial charge in [-0.2, -0.15) is 0 Å². The van der Waals surface area contributed by atoms with E-state index in [1.54, 1.807) is 0 Å². The number of carbonyl (C=O) groups excluding carboxylic acids is 1. The number of nitrogens with two attached hydrogens (primary N) is 1. The van der Waals surface area contributed by atoms with Crippen molar-refractivity contribution in [2.45, 2.75) is 25.8 Å². The van der Waals surface area contributed by atoms with Gasteiger partial charge in [0.2, 0.25) is 5.91 Å². The van der Waals surface area contributed by atoms with E-state index in [2.05, 4.69) is 15.4 Å². The molecule has 0 unspecified atom stereocenters. The molecule has 4 N–H and O–H groups in total. The Morgan fingerprint density at radius 1 is 1.60 bits per heavy atom. The van der Waals surface area contributed by atoms with Crippen molar-refractivity contribution in [1.29, 1.82) is 0 Å². The average molecular weight is 214 g/mol. The molecule has 1 heterocycles. The molecule has 0 aromatic rings. The standard InChI is InChI=1S/C9H18N4O2/c1-7(14)11-8-2-4-13(5-3-8)6-9(10)12-15/h8,15H,2-6H2,1H3,(H2,10,12)(H,11,14). The van der Waals surface area contributed by atoms with Gasteiger partial charge in [-0.05, 0) is 12.8 Å². The van der Waals surface area contributed by atoms with E-state index in [1.165, 1.54) is 6.92 Å². The largest absolute Gasteiger partial charge is 0.409 e. The maximum atomic E-state index is 10.8. The molecule has 0 spiro atoms. The second kappa shape index (κ2) is 5.55. The molecule has 0 saturated carbocycles. The Labute approximate surface area is 89.1 Å². The van der Waals surface area contributed by atoms with E-state index in [1.807, 2.05) is 0 Å². The van der Waals surface area contributed by atoms with Crippen LogP contribution >= 0.6 is 0 Å². The third-order valence-corrected chi connectivity index (χ3v) is 2.51. The number of nitrogens with one attached hydrogen (secondary N) is 1. The molecule has 6 heteroatoms. The Morgan fingerprint density at radius 3 is 2.67 bits per heavy atom. The minimum Gasteiger partial charge on any atom is -0.409 e. The first-order valence-corrected chi connectivity index (χ1v) is 5.07. The zero-order valence-electron chi connectivity index (χ0n) is 8.94. The fourth-order valence-electron chi connectivity index (χ4n) is 1.78. The van der Waals surface area contributed by atoms with E-state index < -0.39 is 0 Å². The van der Waals surface area contributed by atoms with Gasteiger partial charge in [-0.3, -0.25) is 9.69 Å². The molecular formula is C9H18N4O2. The fraction of sp³-hybridized carbons (Fsp3) is 0.778. The van der Waals surface area contributed by atoms with Crippen molar-refractivity contribution < 1.29 is 10.0 Å². The van der Waals surface area contributed by atoms with Crippen molar-refractivity contribution in [2.24, 2.45) is 10.9 Å². The van der Waals surface area contributed by atoms with Crippen molar-refractivity contribution in [2.75, 3.05) is 19.6 Å². The lowest BCUT2D eigenvalue weighted by atomic mass is 10.1. The van der Waals surface area contributed by atoms with Gasteiger partial charge in [-0.25, -0.2) is 0 Å². The highest BCUT2D eigenvalue weighted by Crippen LogP contribution is 2.09. The van der Waals surface area contributed by atoms with E-state index in [-0.39, 0.29) is 17.8 Å². The Balaban J connectivity index is 2.26. The van der Waals surface area contributed by atoms with Crippen LogP contribution < -0.4 is 11.1 Å². The van der Waals surface area contributed by atoms with Crippen LogP contribution in [0.2, 0.25) is 0 Å². The van der Waals surface area contributed by atoms with Crippen molar-refractivity contribution in [3.8, 4) is 0 Å². The maximum absolute atomic E-state index is 10.8. The second-order valence-corrected chi connectivity index (χ2v) is 3.84. The molecule has 1 aliphatic rings. The van der Waals surface area contributed by atoms with Gasteiger partial charge in [0.05, 0.1) is 6.54 Å². The number of hydrogen-bond acceptors (Lipinski definition) is 4. The molecule has 1 aliphatic heterocycles. The highest BCUT2D eigenvalue weighted by molar-refractivity contribution is 5.81. The normalized spacial score (nSPS) is 20.2. The van der Waals surface area contributed by atoms with Gasteiger partial charge < -0.3 is 16.3 Å². The Kier molecular flexibility index (Phi) is 4.36. The molecule has 0 bridgehead atoms. The third-order valence-electron chi connectivity index (χ3n) is 2.51. The predicted octanol–water partition coefficient (Wildman–Crippen LogP) is -0.667. The van der Waals surface area contributed by atoms with Gasteiger partial charge in [0.15, 0.2) is 5.84 Å². The van der Waals surface area contributed by atoms with Crippen LogP contribution in [0.25, 0.3) is 0 Å². The number of carbonyl (C=O) groups is 1. The summed E-state index contributed by atoms with van der Waals surface area (Å²) >= 11 is 0. The molecule has 1 rings (SSSR count). The average Bonchev–Trinajstić information content (AvgIpc) is 2.20. The number of likely N-dealkylation sites (tertiary alicyclic amines) is 1. The molecule has 15 heavy (non-hydrogen) atoms. The summed E-state index contributed by atoms with van der Waals surface area (Å²) in [6.45, 7) is 3.74. The molecule has 1 fully saturated rings. The van der Waals surface area contributed by atoms with Gasteiger partial charge >= 0.3 is 0 Å². The van der Waals surface area contributed by atoms with E-state index in [0.717, 1.165) is 25.9 Å². The molecular weight excluding hydrogens is 196 g/mol. The number of hydrogen-bond donors (Lipinski definition) is 3. The second-order valence-electron chi connectivity index (χ2n) is 3.84. The van der Waals surface area contributed by atoms with Crippen molar-refractivity contribution in [1.82, 2.24) is 10.2 Å². The predicted molar refractivity (Wildman–Crippen MR) is 56.7 cm³/mol. The van der Waals surface area contributed by atoms with E-state index in [4.69, 9.17) is 10.9 Å².